The van der Waals surface area contributed by atoms with E-state index in [1.807, 2.05) is 25.1 Å². The lowest BCUT2D eigenvalue weighted by Gasteiger charge is -2.21. The minimum atomic E-state index is -0.726. The monoisotopic (exact) mass is 489 g/mol. The van der Waals surface area contributed by atoms with Crippen LogP contribution >= 0.6 is 39.7 Å². The zero-order valence-electron chi connectivity index (χ0n) is 15.3. The Kier molecular flexibility index (Phi) is 7.88. The number of aromatic nitrogens is 1. The molecule has 0 saturated carbocycles. The number of thiazole rings is 1. The quantitative estimate of drug-likeness (QED) is 0.467. The van der Waals surface area contributed by atoms with Gasteiger partial charge in [0.1, 0.15) is 11.3 Å². The van der Waals surface area contributed by atoms with E-state index >= 15 is 0 Å². The second kappa shape index (κ2) is 9.73. The number of benzene rings is 2. The fourth-order valence-corrected chi connectivity index (χ4v) is 4.10. The molecule has 1 heterocycles. The van der Waals surface area contributed by atoms with Crippen molar-refractivity contribution in [2.75, 3.05) is 32.1 Å². The van der Waals surface area contributed by atoms with Crippen LogP contribution in [0.5, 0.6) is 0 Å². The third kappa shape index (κ3) is 5.26. The third-order valence-corrected chi connectivity index (χ3v) is 5.46. The van der Waals surface area contributed by atoms with Gasteiger partial charge in [-0.05, 0) is 51.3 Å². The van der Waals surface area contributed by atoms with Crippen LogP contribution in [-0.4, -0.2) is 43.0 Å². The molecule has 150 valence electrons. The molecule has 9 heteroatoms. The summed E-state index contributed by atoms with van der Waals surface area (Å²) in [6.07, 6.45) is 0.722. The smallest absolute Gasteiger partial charge is 0.260 e. The largest absolute Gasteiger partial charge is 0.309 e. The van der Waals surface area contributed by atoms with Crippen molar-refractivity contribution in [3.8, 4) is 0 Å². The Balaban J connectivity index is 0.00000280. The number of halogens is 4. The van der Waals surface area contributed by atoms with E-state index in [4.69, 9.17) is 0 Å². The average molecular weight is 491 g/mol. The molecule has 4 nitrogen and oxygen atoms in total. The van der Waals surface area contributed by atoms with Crippen LogP contribution in [-0.2, 0) is 0 Å². The molecule has 28 heavy (non-hydrogen) atoms. The number of hydrogen-bond donors (Lipinski definition) is 0. The zero-order chi connectivity index (χ0) is 19.6. The number of fused-ring (bicyclic) bond motifs is 1. The van der Waals surface area contributed by atoms with Gasteiger partial charge < -0.3 is 4.90 Å². The predicted molar refractivity (Wildman–Crippen MR) is 116 cm³/mol. The van der Waals surface area contributed by atoms with E-state index in [1.54, 1.807) is 18.2 Å². The van der Waals surface area contributed by atoms with Gasteiger partial charge in [0.15, 0.2) is 10.9 Å². The number of nitrogens with zero attached hydrogens (tertiary/aromatic N) is 3. The van der Waals surface area contributed by atoms with E-state index in [0.29, 0.717) is 21.9 Å². The van der Waals surface area contributed by atoms with Crippen LogP contribution in [0.1, 0.15) is 16.8 Å². The molecule has 0 aliphatic heterocycles. The van der Waals surface area contributed by atoms with Gasteiger partial charge in [-0.15, -0.1) is 12.4 Å². The third-order valence-electron chi connectivity index (χ3n) is 3.94. The normalized spacial score (nSPS) is 10.9. The molecule has 3 rings (SSSR count). The molecule has 2 aromatic carbocycles. The van der Waals surface area contributed by atoms with Crippen molar-refractivity contribution < 1.29 is 13.6 Å². The van der Waals surface area contributed by atoms with Crippen molar-refractivity contribution in [1.29, 1.82) is 0 Å². The molecular weight excluding hydrogens is 472 g/mol. The second-order valence-electron chi connectivity index (χ2n) is 6.35. The van der Waals surface area contributed by atoms with E-state index in [9.17, 15) is 13.6 Å². The van der Waals surface area contributed by atoms with E-state index < -0.39 is 11.6 Å². The average Bonchev–Trinajstić information content (AvgIpc) is 3.02. The Morgan fingerprint density at radius 3 is 2.61 bits per heavy atom. The molecule has 0 aliphatic carbocycles. The number of carbonyl (C=O) groups is 1. The van der Waals surface area contributed by atoms with Crippen LogP contribution in [0.15, 0.2) is 40.9 Å². The van der Waals surface area contributed by atoms with Gasteiger partial charge in [0.05, 0.1) is 4.70 Å². The minimum absolute atomic E-state index is 0. The molecule has 0 saturated heterocycles. The molecule has 0 fully saturated rings. The van der Waals surface area contributed by atoms with E-state index in [1.165, 1.54) is 11.0 Å². The number of rotatable bonds is 6. The first kappa shape index (κ1) is 22.7. The molecule has 0 atom stereocenters. The number of anilines is 1. The lowest BCUT2D eigenvalue weighted by Crippen LogP contribution is -2.33. The van der Waals surface area contributed by atoms with Gasteiger partial charge in [0, 0.05) is 22.6 Å². The van der Waals surface area contributed by atoms with Crippen LogP contribution in [0, 0.1) is 11.6 Å². The molecule has 0 radical (unpaired) electrons. The zero-order valence-corrected chi connectivity index (χ0v) is 18.5. The molecule has 0 aliphatic rings. The van der Waals surface area contributed by atoms with Crippen LogP contribution in [0.2, 0.25) is 0 Å². The summed E-state index contributed by atoms with van der Waals surface area (Å²) in [5.74, 6) is -1.61. The van der Waals surface area contributed by atoms with Gasteiger partial charge >= 0.3 is 0 Å². The minimum Gasteiger partial charge on any atom is -0.309 e. The fraction of sp³-hybridized carbons (Fsp3) is 0.263. The molecule has 0 N–H and O–H groups in total. The van der Waals surface area contributed by atoms with Crippen LogP contribution in [0.4, 0.5) is 13.9 Å². The molecule has 0 unspecified atom stereocenters. The maximum absolute atomic E-state index is 14.0. The molecule has 0 bridgehead atoms. The van der Waals surface area contributed by atoms with Gasteiger partial charge in [-0.2, -0.15) is 0 Å². The van der Waals surface area contributed by atoms with Crippen LogP contribution in [0.25, 0.3) is 10.2 Å². The summed E-state index contributed by atoms with van der Waals surface area (Å²) >= 11 is 4.48. The van der Waals surface area contributed by atoms with E-state index in [-0.39, 0.29) is 23.8 Å². The molecular formula is C19H19BrClF2N3OS. The highest BCUT2D eigenvalue weighted by molar-refractivity contribution is 9.10. The van der Waals surface area contributed by atoms with Crippen molar-refractivity contribution in [2.45, 2.75) is 6.42 Å². The summed E-state index contributed by atoms with van der Waals surface area (Å²) in [6.45, 7) is 1.21. The van der Waals surface area contributed by atoms with Crippen LogP contribution < -0.4 is 4.90 Å². The van der Waals surface area contributed by atoms with Crippen molar-refractivity contribution in [3.05, 3.63) is 58.1 Å². The van der Waals surface area contributed by atoms with Crippen molar-refractivity contribution in [2.24, 2.45) is 0 Å². The maximum Gasteiger partial charge on any atom is 0.260 e. The first-order valence-corrected chi connectivity index (χ1v) is 9.94. The van der Waals surface area contributed by atoms with Gasteiger partial charge in [0.25, 0.3) is 5.91 Å². The maximum atomic E-state index is 14.0. The standard InChI is InChI=1S/C19H18BrF2N3OS.ClH/c1-24(2)7-4-8-25(18(26)12-5-3-6-13(20)9-12)19-23-17-15(22)10-14(21)11-16(17)27-19;/h3,5-6,9-11H,4,7-8H2,1-2H3;1H. The summed E-state index contributed by atoms with van der Waals surface area (Å²) in [7, 11) is 3.91. The highest BCUT2D eigenvalue weighted by Crippen LogP contribution is 2.32. The molecule has 1 aromatic heterocycles. The second-order valence-corrected chi connectivity index (χ2v) is 8.28. The fourth-order valence-electron chi connectivity index (χ4n) is 2.67. The van der Waals surface area contributed by atoms with E-state index in [0.717, 1.165) is 34.8 Å². The number of hydrogen-bond acceptors (Lipinski definition) is 4. The van der Waals surface area contributed by atoms with Crippen molar-refractivity contribution >= 4 is 60.9 Å². The van der Waals surface area contributed by atoms with Crippen LogP contribution in [0.3, 0.4) is 0 Å². The number of carbonyl (C=O) groups excluding carboxylic acids is 1. The topological polar surface area (TPSA) is 36.4 Å². The summed E-state index contributed by atoms with van der Waals surface area (Å²) in [6, 6.07) is 9.11. The Morgan fingerprint density at radius 1 is 1.18 bits per heavy atom. The lowest BCUT2D eigenvalue weighted by atomic mass is 10.2. The Hall–Kier alpha value is -1.61. The Bertz CT molecular complexity index is 983. The Labute approximate surface area is 180 Å². The molecule has 0 spiro atoms. The molecule has 3 aromatic rings. The highest BCUT2D eigenvalue weighted by atomic mass is 79.9. The van der Waals surface area contributed by atoms with Gasteiger partial charge in [-0.25, -0.2) is 13.8 Å². The lowest BCUT2D eigenvalue weighted by molar-refractivity contribution is 0.0986. The van der Waals surface area contributed by atoms with Crippen molar-refractivity contribution in [1.82, 2.24) is 9.88 Å². The first-order chi connectivity index (χ1) is 12.8. The summed E-state index contributed by atoms with van der Waals surface area (Å²) in [5.41, 5.74) is 0.580. The highest BCUT2D eigenvalue weighted by Gasteiger charge is 2.22. The summed E-state index contributed by atoms with van der Waals surface area (Å²) < 4.78 is 28.7. The van der Waals surface area contributed by atoms with Crippen molar-refractivity contribution in [3.63, 3.8) is 0 Å². The van der Waals surface area contributed by atoms with Gasteiger partial charge in [-0.3, -0.25) is 9.69 Å². The Morgan fingerprint density at radius 2 is 1.93 bits per heavy atom. The summed E-state index contributed by atoms with van der Waals surface area (Å²) in [4.78, 5) is 20.9. The SMILES string of the molecule is CN(C)CCCN(C(=O)c1cccc(Br)c1)c1nc2c(F)cc(F)cc2s1.Cl. The molecule has 1 amide bonds. The van der Waals surface area contributed by atoms with Gasteiger partial charge in [-0.1, -0.05) is 33.3 Å². The summed E-state index contributed by atoms with van der Waals surface area (Å²) in [5, 5.41) is 0.359. The van der Waals surface area contributed by atoms with E-state index in [2.05, 4.69) is 20.9 Å². The number of amides is 1. The van der Waals surface area contributed by atoms with Gasteiger partial charge in [0.2, 0.25) is 0 Å². The first-order valence-electron chi connectivity index (χ1n) is 8.33. The predicted octanol–water partition coefficient (Wildman–Crippen LogP) is 5.36.